The van der Waals surface area contributed by atoms with Gasteiger partial charge in [0.25, 0.3) is 0 Å². The topological polar surface area (TPSA) is 124 Å². The van der Waals surface area contributed by atoms with E-state index in [-0.39, 0.29) is 29.5 Å². The van der Waals surface area contributed by atoms with Gasteiger partial charge in [0.05, 0.1) is 18.3 Å². The normalized spacial score (nSPS) is 12.0. The van der Waals surface area contributed by atoms with Crippen molar-refractivity contribution in [2.24, 2.45) is 0 Å². The van der Waals surface area contributed by atoms with Gasteiger partial charge in [0.15, 0.2) is 17.3 Å². The molecule has 1 atom stereocenters. The maximum atomic E-state index is 12.4. The molecule has 3 rings (SSSR count). The van der Waals surface area contributed by atoms with Gasteiger partial charge in [-0.2, -0.15) is 0 Å². The molecule has 3 aromatic carbocycles. The third-order valence-electron chi connectivity index (χ3n) is 5.18. The molecule has 0 saturated carbocycles. The second kappa shape index (κ2) is 10.7. The number of unbranched alkanes of at least 4 members (excludes halogenated alkanes) is 1. The summed E-state index contributed by atoms with van der Waals surface area (Å²) in [5.41, 5.74) is 1.58. The number of carboxylic acids is 1. The first-order chi connectivity index (χ1) is 15.3. The molecule has 0 aliphatic carbocycles. The Morgan fingerprint density at radius 2 is 1.50 bits per heavy atom. The van der Waals surface area contributed by atoms with E-state index in [0.717, 1.165) is 10.9 Å². The van der Waals surface area contributed by atoms with Crippen molar-refractivity contribution in [2.45, 2.75) is 31.8 Å². The van der Waals surface area contributed by atoms with Gasteiger partial charge in [-0.05, 0) is 59.5 Å². The number of hydrogen-bond acceptors (Lipinski definition) is 6. The summed E-state index contributed by atoms with van der Waals surface area (Å²) in [7, 11) is 0. The quantitative estimate of drug-likeness (QED) is 0.203. The van der Waals surface area contributed by atoms with Crippen LogP contribution in [0.25, 0.3) is 10.8 Å². The summed E-state index contributed by atoms with van der Waals surface area (Å²) in [4.78, 5) is 23.3. The van der Waals surface area contributed by atoms with Crippen LogP contribution in [0.2, 0.25) is 0 Å². The van der Waals surface area contributed by atoms with Gasteiger partial charge in [0.2, 0.25) is 0 Å². The Morgan fingerprint density at radius 3 is 2.19 bits per heavy atom. The highest BCUT2D eigenvalue weighted by molar-refractivity contribution is 6.00. The number of Topliss-reactive ketones (excluding diaryl/α,β-unsaturated/α-hetero) is 1. The summed E-state index contributed by atoms with van der Waals surface area (Å²) >= 11 is 0. The maximum absolute atomic E-state index is 12.4. The first-order valence-corrected chi connectivity index (χ1v) is 10.4. The fraction of sp³-hybridized carbons (Fsp3) is 0.280. The zero-order valence-corrected chi connectivity index (χ0v) is 17.5. The van der Waals surface area contributed by atoms with E-state index in [2.05, 4.69) is 0 Å². The van der Waals surface area contributed by atoms with Crippen LogP contribution in [0.4, 0.5) is 0 Å². The maximum Gasteiger partial charge on any atom is 0.335 e. The molecule has 32 heavy (non-hydrogen) atoms. The number of aromatic hydroxyl groups is 2. The lowest BCUT2D eigenvalue weighted by Crippen LogP contribution is -2.18. The van der Waals surface area contributed by atoms with Crippen molar-refractivity contribution in [2.75, 3.05) is 13.2 Å². The van der Waals surface area contributed by atoms with Crippen molar-refractivity contribution in [3.8, 4) is 11.5 Å². The molecule has 7 nitrogen and oxygen atoms in total. The minimum absolute atomic E-state index is 0.00990. The molecule has 0 bridgehead atoms. The molecule has 0 fully saturated rings. The highest BCUT2D eigenvalue weighted by Crippen LogP contribution is 2.30. The van der Waals surface area contributed by atoms with Gasteiger partial charge in [-0.1, -0.05) is 24.3 Å². The van der Waals surface area contributed by atoms with Gasteiger partial charge in [0, 0.05) is 25.0 Å². The van der Waals surface area contributed by atoms with Crippen LogP contribution in [0, 0.1) is 0 Å². The molecule has 0 radical (unpaired) electrons. The summed E-state index contributed by atoms with van der Waals surface area (Å²) in [6, 6.07) is 14.4. The molecule has 3 aromatic rings. The van der Waals surface area contributed by atoms with E-state index in [0.29, 0.717) is 43.2 Å². The number of rotatable bonds is 11. The zero-order chi connectivity index (χ0) is 23.1. The van der Waals surface area contributed by atoms with Crippen LogP contribution < -0.4 is 0 Å². The molecule has 0 aromatic heterocycles. The fourth-order valence-corrected chi connectivity index (χ4v) is 3.41. The zero-order valence-electron chi connectivity index (χ0n) is 17.5. The van der Waals surface area contributed by atoms with E-state index in [4.69, 9.17) is 9.84 Å². The summed E-state index contributed by atoms with van der Waals surface area (Å²) in [6.45, 7) is 0.586. The lowest BCUT2D eigenvalue weighted by Gasteiger charge is -2.11. The number of aromatic carboxylic acids is 1. The summed E-state index contributed by atoms with van der Waals surface area (Å²) in [6.07, 6.45) is 1.35. The largest absolute Gasteiger partial charge is 0.504 e. The van der Waals surface area contributed by atoms with Crippen LogP contribution in [0.1, 0.15) is 45.5 Å². The number of benzene rings is 3. The molecule has 4 N–H and O–H groups in total. The van der Waals surface area contributed by atoms with Crippen molar-refractivity contribution in [1.29, 1.82) is 0 Å². The van der Waals surface area contributed by atoms with Crippen LogP contribution in [0.15, 0.2) is 54.6 Å². The molecule has 1 unspecified atom stereocenters. The summed E-state index contributed by atoms with van der Waals surface area (Å²) in [5.74, 6) is -1.42. The summed E-state index contributed by atoms with van der Waals surface area (Å²) in [5, 5.41) is 39.6. The fourth-order valence-electron chi connectivity index (χ4n) is 3.41. The Labute approximate surface area is 185 Å². The molecule has 0 aliphatic heterocycles. The van der Waals surface area contributed by atoms with E-state index < -0.39 is 12.1 Å². The predicted molar refractivity (Wildman–Crippen MR) is 119 cm³/mol. The Morgan fingerprint density at radius 1 is 0.844 bits per heavy atom. The van der Waals surface area contributed by atoms with Gasteiger partial charge in [-0.3, -0.25) is 4.79 Å². The van der Waals surface area contributed by atoms with Gasteiger partial charge in [0.1, 0.15) is 0 Å². The molecule has 0 heterocycles. The number of phenolic OH excluding ortho intramolecular Hbond substituents is 2. The lowest BCUT2D eigenvalue weighted by molar-refractivity contribution is 0.0354. The van der Waals surface area contributed by atoms with E-state index in [1.54, 1.807) is 30.3 Å². The Hall–Kier alpha value is -3.42. The third kappa shape index (κ3) is 6.29. The molecule has 168 valence electrons. The Kier molecular flexibility index (Phi) is 7.81. The van der Waals surface area contributed by atoms with Crippen molar-refractivity contribution in [1.82, 2.24) is 0 Å². The number of fused-ring (bicyclic) bond motifs is 1. The number of ketones is 1. The van der Waals surface area contributed by atoms with E-state index in [9.17, 15) is 24.9 Å². The van der Waals surface area contributed by atoms with Crippen LogP contribution in [0.3, 0.4) is 0 Å². The average molecular weight is 438 g/mol. The monoisotopic (exact) mass is 438 g/mol. The second-order valence-electron chi connectivity index (χ2n) is 7.72. The van der Waals surface area contributed by atoms with Crippen molar-refractivity contribution >= 4 is 22.5 Å². The van der Waals surface area contributed by atoms with Crippen molar-refractivity contribution in [3.05, 3.63) is 71.3 Å². The molecule has 0 amide bonds. The van der Waals surface area contributed by atoms with Gasteiger partial charge in [-0.15, -0.1) is 0 Å². The second-order valence-corrected chi connectivity index (χ2v) is 7.72. The first kappa shape index (κ1) is 23.2. The van der Waals surface area contributed by atoms with Crippen molar-refractivity contribution < 1.29 is 34.8 Å². The van der Waals surface area contributed by atoms with Gasteiger partial charge >= 0.3 is 5.97 Å². The van der Waals surface area contributed by atoms with E-state index in [1.165, 1.54) is 24.3 Å². The average Bonchev–Trinajstić information content (AvgIpc) is 2.76. The number of carbonyl (C=O) groups is 2. The minimum Gasteiger partial charge on any atom is -0.504 e. The highest BCUT2D eigenvalue weighted by Gasteiger charge is 2.10. The smallest absolute Gasteiger partial charge is 0.335 e. The standard InChI is InChI=1S/C25H26O7/c26-21(11-16-4-6-17(7-5-16)25(30)31)15-32-10-2-1-3-22(27)19-9-8-18-13-23(28)24(29)14-20(18)12-19/h4-9,12-14,21,26,28-29H,1-3,10-11,15H2,(H,30,31). The number of phenols is 2. The third-order valence-corrected chi connectivity index (χ3v) is 5.18. The van der Waals surface area contributed by atoms with Gasteiger partial charge < -0.3 is 25.2 Å². The van der Waals surface area contributed by atoms with Crippen LogP contribution in [-0.4, -0.2) is 51.5 Å². The van der Waals surface area contributed by atoms with Gasteiger partial charge in [-0.25, -0.2) is 4.79 Å². The number of aliphatic hydroxyl groups is 1. The molecular formula is C25H26O7. The number of aliphatic hydroxyl groups excluding tert-OH is 1. The number of hydrogen-bond donors (Lipinski definition) is 4. The molecule has 0 aliphatic rings. The molecule has 0 spiro atoms. The number of carboxylic acid groups (broad SMARTS) is 1. The predicted octanol–water partition coefficient (Wildman–Crippen LogP) is 3.92. The van der Waals surface area contributed by atoms with E-state index >= 15 is 0 Å². The Balaban J connectivity index is 1.36. The van der Waals surface area contributed by atoms with E-state index in [1.807, 2.05) is 0 Å². The Bertz CT molecular complexity index is 1090. The summed E-state index contributed by atoms with van der Waals surface area (Å²) < 4.78 is 5.49. The lowest BCUT2D eigenvalue weighted by atomic mass is 10.0. The van der Waals surface area contributed by atoms with Crippen LogP contribution in [0.5, 0.6) is 11.5 Å². The minimum atomic E-state index is -0.987. The number of ether oxygens (including phenoxy) is 1. The van der Waals surface area contributed by atoms with Crippen molar-refractivity contribution in [3.63, 3.8) is 0 Å². The van der Waals surface area contributed by atoms with Crippen LogP contribution in [-0.2, 0) is 11.2 Å². The molecule has 7 heteroatoms. The molecular weight excluding hydrogens is 412 g/mol. The highest BCUT2D eigenvalue weighted by atomic mass is 16.5. The number of carbonyl (C=O) groups excluding carboxylic acids is 1. The molecule has 0 saturated heterocycles. The SMILES string of the molecule is O=C(O)c1ccc(CC(O)COCCCCC(=O)c2ccc3cc(O)c(O)cc3c2)cc1. The first-order valence-electron chi connectivity index (χ1n) is 10.4. The van der Waals surface area contributed by atoms with Crippen LogP contribution >= 0.6 is 0 Å².